The summed E-state index contributed by atoms with van der Waals surface area (Å²) in [5, 5.41) is 1.36. The van der Waals surface area contributed by atoms with Gasteiger partial charge in [0.05, 0.1) is 0 Å². The molecule has 44 heavy (non-hydrogen) atoms. The Kier molecular flexibility index (Phi) is 9.80. The molecule has 3 aromatic carbocycles. The van der Waals surface area contributed by atoms with E-state index in [9.17, 15) is 4.79 Å². The van der Waals surface area contributed by atoms with Gasteiger partial charge in [-0.15, -0.1) is 0 Å². The Balaban J connectivity index is 1.05. The van der Waals surface area contributed by atoms with Gasteiger partial charge in [0.1, 0.15) is 0 Å². The first-order valence-electron chi connectivity index (χ1n) is 16.6. The van der Waals surface area contributed by atoms with Crippen LogP contribution in [0.4, 0.5) is 0 Å². The summed E-state index contributed by atoms with van der Waals surface area (Å²) in [6, 6.07) is 25.9. The quantitative estimate of drug-likeness (QED) is 0.245. The number of hydrogen-bond donors (Lipinski definition) is 0. The highest BCUT2D eigenvalue weighted by Gasteiger charge is 2.22. The van der Waals surface area contributed by atoms with Gasteiger partial charge in [0.15, 0.2) is 0 Å². The molecule has 6 heteroatoms. The van der Waals surface area contributed by atoms with E-state index in [0.717, 1.165) is 57.7 Å². The maximum Gasteiger partial charge on any atom is 0.253 e. The summed E-state index contributed by atoms with van der Waals surface area (Å²) in [6.45, 7) is 16.0. The van der Waals surface area contributed by atoms with Gasteiger partial charge in [-0.2, -0.15) is 0 Å². The Bertz CT molecular complexity index is 1540. The van der Waals surface area contributed by atoms with Gasteiger partial charge in [0.25, 0.3) is 5.91 Å². The van der Waals surface area contributed by atoms with Crippen molar-refractivity contribution in [2.75, 3.05) is 72.5 Å². The average Bonchev–Trinajstić information content (AvgIpc) is 3.29. The predicted molar refractivity (Wildman–Crippen MR) is 182 cm³/mol. The molecule has 2 aliphatic heterocycles. The zero-order valence-corrected chi connectivity index (χ0v) is 27.0. The third kappa shape index (κ3) is 7.26. The van der Waals surface area contributed by atoms with Crippen molar-refractivity contribution in [3.63, 3.8) is 0 Å². The maximum absolute atomic E-state index is 13.5. The topological polar surface area (TPSA) is 35.0 Å². The molecule has 1 aromatic heterocycles. The first kappa shape index (κ1) is 30.6. The van der Waals surface area contributed by atoms with Gasteiger partial charge in [-0.3, -0.25) is 9.69 Å². The lowest BCUT2D eigenvalue weighted by Crippen LogP contribution is -2.49. The molecule has 6 nitrogen and oxygen atoms in total. The number of benzene rings is 3. The number of likely N-dealkylation sites (N-methyl/N-ethyl adjacent to an activating group) is 1. The predicted octanol–water partition coefficient (Wildman–Crippen LogP) is 5.49. The number of carbonyl (C=O) groups excluding carboxylic acids is 1. The normalized spacial score (nSPS) is 17.0. The van der Waals surface area contributed by atoms with E-state index < -0.39 is 0 Å². The number of carbonyl (C=O) groups is 1. The smallest absolute Gasteiger partial charge is 0.253 e. The van der Waals surface area contributed by atoms with E-state index >= 15 is 0 Å². The molecule has 2 saturated heterocycles. The molecule has 2 aliphatic rings. The lowest BCUT2D eigenvalue weighted by Gasteiger charge is -2.34. The average molecular weight is 592 g/mol. The first-order valence-corrected chi connectivity index (χ1v) is 16.6. The fraction of sp³-hybridized carbons (Fsp3) is 0.447. The summed E-state index contributed by atoms with van der Waals surface area (Å²) in [6.07, 6.45) is 3.07. The lowest BCUT2D eigenvalue weighted by molar-refractivity contribution is 0.0638. The van der Waals surface area contributed by atoms with Crippen LogP contribution < -0.4 is 0 Å². The fourth-order valence-corrected chi connectivity index (χ4v) is 6.96. The van der Waals surface area contributed by atoms with Crippen molar-refractivity contribution < 1.29 is 4.79 Å². The Morgan fingerprint density at radius 1 is 0.682 bits per heavy atom. The highest BCUT2D eigenvalue weighted by atomic mass is 16.2. The van der Waals surface area contributed by atoms with Crippen molar-refractivity contribution in [2.24, 2.45) is 0 Å². The van der Waals surface area contributed by atoms with Crippen LogP contribution in [0.3, 0.4) is 0 Å². The molecule has 2 fully saturated rings. The molecule has 0 N–H and O–H groups in total. The Hall–Kier alpha value is -3.45. The van der Waals surface area contributed by atoms with Gasteiger partial charge in [0.2, 0.25) is 0 Å². The minimum absolute atomic E-state index is 0.158. The molecule has 0 radical (unpaired) electrons. The van der Waals surface area contributed by atoms with Crippen LogP contribution in [0, 0.1) is 13.8 Å². The van der Waals surface area contributed by atoms with Crippen LogP contribution in [0.2, 0.25) is 0 Å². The molecule has 6 rings (SSSR count). The first-order chi connectivity index (χ1) is 21.4. The van der Waals surface area contributed by atoms with E-state index in [1.54, 1.807) is 0 Å². The van der Waals surface area contributed by atoms with E-state index in [2.05, 4.69) is 101 Å². The maximum atomic E-state index is 13.5. The molecule has 0 saturated carbocycles. The molecule has 232 valence electrons. The van der Waals surface area contributed by atoms with Gasteiger partial charge < -0.3 is 19.3 Å². The third-order valence-corrected chi connectivity index (χ3v) is 9.96. The van der Waals surface area contributed by atoms with Crippen LogP contribution >= 0.6 is 0 Å². The monoisotopic (exact) mass is 591 g/mol. The van der Waals surface area contributed by atoms with Gasteiger partial charge in [-0.25, -0.2) is 0 Å². The number of piperazine rings is 2. The van der Waals surface area contributed by atoms with Crippen LogP contribution in [0.25, 0.3) is 10.9 Å². The van der Waals surface area contributed by atoms with Gasteiger partial charge in [0, 0.05) is 87.6 Å². The second-order valence-corrected chi connectivity index (χ2v) is 13.0. The summed E-state index contributed by atoms with van der Waals surface area (Å²) < 4.78 is 2.52. The van der Waals surface area contributed by atoms with Crippen molar-refractivity contribution in [3.8, 4) is 0 Å². The van der Waals surface area contributed by atoms with E-state index in [1.807, 2.05) is 17.0 Å². The lowest BCUT2D eigenvalue weighted by atomic mass is 10.0. The molecular formula is C38H49N5O. The number of nitrogens with zero attached hydrogens (tertiary/aromatic N) is 5. The summed E-state index contributed by atoms with van der Waals surface area (Å²) in [7, 11) is 2.22. The highest BCUT2D eigenvalue weighted by molar-refractivity contribution is 5.94. The van der Waals surface area contributed by atoms with Crippen molar-refractivity contribution >= 4 is 16.8 Å². The largest absolute Gasteiger partial charge is 0.345 e. The second kappa shape index (κ2) is 14.1. The minimum atomic E-state index is 0.158. The van der Waals surface area contributed by atoms with Gasteiger partial charge in [-0.05, 0) is 93.2 Å². The van der Waals surface area contributed by atoms with Crippen molar-refractivity contribution in [2.45, 2.75) is 39.7 Å². The fourth-order valence-electron chi connectivity index (χ4n) is 6.96. The number of fused-ring (bicyclic) bond motifs is 1. The number of hydrogen-bond acceptors (Lipinski definition) is 4. The number of amides is 1. The SMILES string of the molecule is Cc1c(C)n(CCCN2CCN(C)CC2)c2ccc(Cc3cccc(C(=O)N4CCN(CCc5ccccc5)CC4)c3)cc12. The molecule has 0 spiro atoms. The molecular weight excluding hydrogens is 542 g/mol. The van der Waals surface area contributed by atoms with Crippen LogP contribution in [0.15, 0.2) is 72.8 Å². The van der Waals surface area contributed by atoms with Crippen molar-refractivity contribution in [3.05, 3.63) is 106 Å². The number of aromatic nitrogens is 1. The molecule has 4 aromatic rings. The van der Waals surface area contributed by atoms with Crippen LogP contribution in [0.5, 0.6) is 0 Å². The summed E-state index contributed by atoms with van der Waals surface area (Å²) >= 11 is 0. The van der Waals surface area contributed by atoms with Crippen molar-refractivity contribution in [1.29, 1.82) is 0 Å². The van der Waals surface area contributed by atoms with E-state index in [4.69, 9.17) is 0 Å². The number of aryl methyl sites for hydroxylation is 2. The van der Waals surface area contributed by atoms with E-state index in [1.165, 1.54) is 78.0 Å². The zero-order valence-electron chi connectivity index (χ0n) is 27.0. The molecule has 0 unspecified atom stereocenters. The van der Waals surface area contributed by atoms with Gasteiger partial charge >= 0.3 is 0 Å². The van der Waals surface area contributed by atoms with E-state index in [0.29, 0.717) is 0 Å². The third-order valence-electron chi connectivity index (χ3n) is 9.96. The van der Waals surface area contributed by atoms with Crippen LogP contribution in [-0.2, 0) is 19.4 Å². The summed E-state index contributed by atoms with van der Waals surface area (Å²) in [4.78, 5) is 23.0. The molecule has 0 bridgehead atoms. The Labute approximate surface area is 263 Å². The standard InChI is InChI=1S/C38H49N5O/c1-30-31(2)43(17-8-16-40-21-19-39(3)20-22-40)37-14-13-34(29-36(30)37)27-33-11-7-12-35(28-33)38(44)42-25-23-41(24-26-42)18-15-32-9-5-4-6-10-32/h4-7,9-14,28-29H,8,15-27H2,1-3H3. The molecule has 3 heterocycles. The highest BCUT2D eigenvalue weighted by Crippen LogP contribution is 2.28. The molecule has 0 aliphatic carbocycles. The summed E-state index contributed by atoms with van der Waals surface area (Å²) in [5.41, 5.74) is 8.77. The van der Waals surface area contributed by atoms with Crippen LogP contribution in [-0.4, -0.2) is 103 Å². The van der Waals surface area contributed by atoms with Crippen LogP contribution in [0.1, 0.15) is 44.7 Å². The molecule has 1 amide bonds. The Morgan fingerprint density at radius 3 is 2.14 bits per heavy atom. The molecule has 0 atom stereocenters. The van der Waals surface area contributed by atoms with Crippen molar-refractivity contribution in [1.82, 2.24) is 24.2 Å². The van der Waals surface area contributed by atoms with Gasteiger partial charge in [-0.1, -0.05) is 48.5 Å². The summed E-state index contributed by atoms with van der Waals surface area (Å²) in [5.74, 6) is 0.158. The number of rotatable bonds is 10. The second-order valence-electron chi connectivity index (χ2n) is 13.0. The minimum Gasteiger partial charge on any atom is -0.345 e. The van der Waals surface area contributed by atoms with E-state index in [-0.39, 0.29) is 5.91 Å². The Morgan fingerprint density at radius 2 is 1.36 bits per heavy atom. The zero-order chi connectivity index (χ0) is 30.5.